The Kier molecular flexibility index (Phi) is 6.65. The Bertz CT molecular complexity index is 2700. The lowest BCUT2D eigenvalue weighted by atomic mass is 9.95. The molecule has 0 saturated carbocycles. The molecule has 0 spiro atoms. The summed E-state index contributed by atoms with van der Waals surface area (Å²) in [5.41, 5.74) is 7.68. The Labute approximate surface area is 289 Å². The van der Waals surface area contributed by atoms with Gasteiger partial charge in [0.25, 0.3) is 0 Å². The standard InChI is InChI=1S/C44H32N6/c1-44(2,3)43-47-41(28-15-5-4-6-16-28)46-42(48-43)34-25-29(27-45)39(49-35-21-11-7-17-30(35)31-18-8-12-22-36(31)49)26-40(34)50-37-23-13-9-19-32(37)33-20-10-14-24-38(33)50/h4-26H,1-3H3. The molecule has 238 valence electrons. The fraction of sp³-hybridized carbons (Fsp3) is 0.0909. The zero-order valence-electron chi connectivity index (χ0n) is 28.0. The van der Waals surface area contributed by atoms with Crippen LogP contribution in [0.1, 0.15) is 32.2 Å². The van der Waals surface area contributed by atoms with Crippen molar-refractivity contribution in [2.45, 2.75) is 26.2 Å². The lowest BCUT2D eigenvalue weighted by Crippen LogP contribution is -2.18. The minimum atomic E-state index is -0.352. The van der Waals surface area contributed by atoms with Gasteiger partial charge in [-0.25, -0.2) is 15.0 Å². The van der Waals surface area contributed by atoms with Crippen molar-refractivity contribution in [2.75, 3.05) is 0 Å². The van der Waals surface area contributed by atoms with Crippen molar-refractivity contribution < 1.29 is 0 Å². The second kappa shape index (κ2) is 11.3. The molecule has 0 unspecified atom stereocenters. The summed E-state index contributed by atoms with van der Waals surface area (Å²) in [6.07, 6.45) is 0. The molecule has 0 amide bonds. The summed E-state index contributed by atoms with van der Waals surface area (Å²) in [6.45, 7) is 6.34. The van der Waals surface area contributed by atoms with Gasteiger partial charge in [0.2, 0.25) is 0 Å². The second-order valence-electron chi connectivity index (χ2n) is 13.7. The summed E-state index contributed by atoms with van der Waals surface area (Å²) in [5, 5.41) is 15.5. The second-order valence-corrected chi connectivity index (χ2v) is 13.7. The van der Waals surface area contributed by atoms with E-state index in [0.29, 0.717) is 23.0 Å². The molecule has 3 aromatic heterocycles. The molecule has 0 aliphatic carbocycles. The molecule has 0 atom stereocenters. The third-order valence-corrected chi connectivity index (χ3v) is 9.46. The molecule has 9 aromatic rings. The van der Waals surface area contributed by atoms with Crippen LogP contribution in [0, 0.1) is 11.3 Å². The van der Waals surface area contributed by atoms with E-state index in [0.717, 1.165) is 66.1 Å². The van der Waals surface area contributed by atoms with E-state index in [2.05, 4.69) is 139 Å². The van der Waals surface area contributed by atoms with Crippen molar-refractivity contribution in [1.82, 2.24) is 24.1 Å². The van der Waals surface area contributed by atoms with Crippen LogP contribution in [0.25, 0.3) is 77.8 Å². The van der Waals surface area contributed by atoms with Crippen molar-refractivity contribution in [1.29, 1.82) is 5.26 Å². The van der Waals surface area contributed by atoms with Gasteiger partial charge in [-0.15, -0.1) is 0 Å². The number of nitrogens with zero attached hydrogens (tertiary/aromatic N) is 6. The summed E-state index contributed by atoms with van der Waals surface area (Å²) in [6, 6.07) is 50.4. The molecule has 0 aliphatic heterocycles. The van der Waals surface area contributed by atoms with Gasteiger partial charge in [0.1, 0.15) is 11.9 Å². The van der Waals surface area contributed by atoms with Crippen molar-refractivity contribution in [3.63, 3.8) is 0 Å². The Morgan fingerprint density at radius 1 is 0.500 bits per heavy atom. The first-order valence-corrected chi connectivity index (χ1v) is 16.8. The van der Waals surface area contributed by atoms with Gasteiger partial charge >= 0.3 is 0 Å². The van der Waals surface area contributed by atoms with Crippen LogP contribution in [0.15, 0.2) is 140 Å². The number of benzene rings is 6. The topological polar surface area (TPSA) is 72.3 Å². The lowest BCUT2D eigenvalue weighted by molar-refractivity contribution is 0.543. The molecule has 6 aromatic carbocycles. The third-order valence-electron chi connectivity index (χ3n) is 9.46. The average molecular weight is 645 g/mol. The van der Waals surface area contributed by atoms with E-state index in [4.69, 9.17) is 15.0 Å². The SMILES string of the molecule is CC(C)(C)c1nc(-c2ccccc2)nc(-c2cc(C#N)c(-n3c4ccccc4c4ccccc43)cc2-n2c3ccccc3c3ccccc32)n1. The molecule has 50 heavy (non-hydrogen) atoms. The summed E-state index contributed by atoms with van der Waals surface area (Å²) in [7, 11) is 0. The highest BCUT2D eigenvalue weighted by Gasteiger charge is 2.26. The summed E-state index contributed by atoms with van der Waals surface area (Å²) >= 11 is 0. The van der Waals surface area contributed by atoms with Crippen molar-refractivity contribution in [3.05, 3.63) is 151 Å². The first-order chi connectivity index (χ1) is 24.4. The summed E-state index contributed by atoms with van der Waals surface area (Å²) in [4.78, 5) is 15.2. The Morgan fingerprint density at radius 3 is 1.42 bits per heavy atom. The van der Waals surface area contributed by atoms with Gasteiger partial charge in [-0.2, -0.15) is 5.26 Å². The summed E-state index contributed by atoms with van der Waals surface area (Å²) < 4.78 is 4.51. The van der Waals surface area contributed by atoms with E-state index in [1.54, 1.807) is 0 Å². The maximum atomic E-state index is 10.9. The molecule has 0 aliphatic rings. The highest BCUT2D eigenvalue weighted by molar-refractivity contribution is 6.11. The summed E-state index contributed by atoms with van der Waals surface area (Å²) in [5.74, 6) is 1.80. The number of nitriles is 1. The number of para-hydroxylation sites is 4. The maximum Gasteiger partial charge on any atom is 0.165 e. The number of hydrogen-bond donors (Lipinski definition) is 0. The number of hydrogen-bond acceptors (Lipinski definition) is 4. The largest absolute Gasteiger partial charge is 0.308 e. The van der Waals surface area contributed by atoms with Crippen LogP contribution >= 0.6 is 0 Å². The fourth-order valence-electron chi connectivity index (χ4n) is 7.13. The zero-order valence-corrected chi connectivity index (χ0v) is 28.0. The van der Waals surface area contributed by atoms with E-state index < -0.39 is 0 Å². The average Bonchev–Trinajstić information content (AvgIpc) is 3.67. The Balaban J connectivity index is 1.44. The number of fused-ring (bicyclic) bond motifs is 6. The van der Waals surface area contributed by atoms with Gasteiger partial charge in [0, 0.05) is 38.1 Å². The monoisotopic (exact) mass is 644 g/mol. The molecule has 0 bridgehead atoms. The van der Waals surface area contributed by atoms with Crippen molar-refractivity contribution in [3.8, 4) is 40.2 Å². The van der Waals surface area contributed by atoms with E-state index >= 15 is 0 Å². The molecule has 3 heterocycles. The molecule has 6 heteroatoms. The zero-order chi connectivity index (χ0) is 34.0. The molecule has 0 radical (unpaired) electrons. The van der Waals surface area contributed by atoms with Crippen LogP contribution in [-0.4, -0.2) is 24.1 Å². The molecule has 6 nitrogen and oxygen atoms in total. The Morgan fingerprint density at radius 2 is 0.940 bits per heavy atom. The van der Waals surface area contributed by atoms with Crippen LogP contribution < -0.4 is 0 Å². The predicted octanol–water partition coefficient (Wildman–Crippen LogP) is 10.6. The predicted molar refractivity (Wildman–Crippen MR) is 203 cm³/mol. The minimum absolute atomic E-state index is 0.352. The minimum Gasteiger partial charge on any atom is -0.308 e. The first-order valence-electron chi connectivity index (χ1n) is 16.8. The van der Waals surface area contributed by atoms with Crippen molar-refractivity contribution in [2.24, 2.45) is 0 Å². The van der Waals surface area contributed by atoms with Crippen LogP contribution in [0.5, 0.6) is 0 Å². The fourth-order valence-corrected chi connectivity index (χ4v) is 7.13. The van der Waals surface area contributed by atoms with Crippen LogP contribution in [0.3, 0.4) is 0 Å². The van der Waals surface area contributed by atoms with E-state index in [9.17, 15) is 5.26 Å². The maximum absolute atomic E-state index is 10.9. The van der Waals surface area contributed by atoms with Gasteiger partial charge in [0.05, 0.1) is 39.0 Å². The smallest absolute Gasteiger partial charge is 0.165 e. The molecule has 9 rings (SSSR count). The van der Waals surface area contributed by atoms with Crippen LogP contribution in [0.4, 0.5) is 0 Å². The molecule has 0 fully saturated rings. The van der Waals surface area contributed by atoms with Gasteiger partial charge in [-0.05, 0) is 36.4 Å². The van der Waals surface area contributed by atoms with Crippen LogP contribution in [-0.2, 0) is 5.41 Å². The normalized spacial score (nSPS) is 11.9. The molecule has 0 saturated heterocycles. The molecule has 0 N–H and O–H groups in total. The number of aromatic nitrogens is 5. The van der Waals surface area contributed by atoms with Crippen molar-refractivity contribution >= 4 is 43.6 Å². The Hall–Kier alpha value is -6.58. The van der Waals surface area contributed by atoms with E-state index in [1.807, 2.05) is 36.4 Å². The lowest BCUT2D eigenvalue weighted by Gasteiger charge is -2.21. The molecular formula is C44H32N6. The molecular weight excluding hydrogens is 613 g/mol. The van der Waals surface area contributed by atoms with E-state index in [-0.39, 0.29) is 5.41 Å². The van der Waals surface area contributed by atoms with E-state index in [1.165, 1.54) is 0 Å². The third kappa shape index (κ3) is 4.59. The van der Waals surface area contributed by atoms with Gasteiger partial charge in [0.15, 0.2) is 11.6 Å². The van der Waals surface area contributed by atoms with Gasteiger partial charge in [-0.3, -0.25) is 0 Å². The van der Waals surface area contributed by atoms with Gasteiger partial charge in [-0.1, -0.05) is 124 Å². The number of rotatable bonds is 4. The first kappa shape index (κ1) is 29.6. The van der Waals surface area contributed by atoms with Crippen LogP contribution in [0.2, 0.25) is 0 Å². The van der Waals surface area contributed by atoms with Gasteiger partial charge < -0.3 is 9.13 Å². The highest BCUT2D eigenvalue weighted by atomic mass is 15.1. The highest BCUT2D eigenvalue weighted by Crippen LogP contribution is 2.40. The quantitative estimate of drug-likeness (QED) is 0.191.